The van der Waals surface area contributed by atoms with Gasteiger partial charge in [0.2, 0.25) is 0 Å². The second-order valence-corrected chi connectivity index (χ2v) is 9.18. The highest BCUT2D eigenvalue weighted by molar-refractivity contribution is 7.09. The van der Waals surface area contributed by atoms with Crippen LogP contribution in [0.15, 0.2) is 29.6 Å². The number of hydrogen-bond acceptors (Lipinski definition) is 8. The minimum atomic E-state index is -0.910. The average molecular weight is 477 g/mol. The van der Waals surface area contributed by atoms with E-state index < -0.39 is 17.2 Å². The van der Waals surface area contributed by atoms with E-state index in [0.717, 1.165) is 23.5 Å². The van der Waals surface area contributed by atoms with Crippen LogP contribution < -0.4 is 10.1 Å². The lowest BCUT2D eigenvalue weighted by Gasteiger charge is -2.32. The fraction of sp³-hybridized carbons (Fsp3) is 0.500. The lowest BCUT2D eigenvalue weighted by Crippen LogP contribution is -2.50. The highest BCUT2D eigenvalue weighted by atomic mass is 32.1. The first kappa shape index (κ1) is 24.4. The predicted octanol–water partition coefficient (Wildman–Crippen LogP) is 4.84. The molecule has 0 radical (unpaired) electrons. The van der Waals surface area contributed by atoms with E-state index in [1.54, 1.807) is 23.3 Å². The van der Waals surface area contributed by atoms with Crippen molar-refractivity contribution in [3.8, 4) is 5.75 Å². The maximum absolute atomic E-state index is 12.7. The lowest BCUT2D eigenvalue weighted by atomic mass is 9.92. The number of nitro groups is 1. The monoisotopic (exact) mass is 476 g/mol. The number of amides is 2. The summed E-state index contributed by atoms with van der Waals surface area (Å²) in [7, 11) is 1.70. The number of rotatable bonds is 7. The molecule has 1 fully saturated rings. The van der Waals surface area contributed by atoms with Gasteiger partial charge in [-0.1, -0.05) is 20.3 Å². The van der Waals surface area contributed by atoms with E-state index in [1.807, 2.05) is 5.38 Å². The zero-order chi connectivity index (χ0) is 24.0. The van der Waals surface area contributed by atoms with Crippen molar-refractivity contribution >= 4 is 29.2 Å². The number of non-ortho nitro benzene ring substituents is 1. The molecule has 2 unspecified atom stereocenters. The second-order valence-electron chi connectivity index (χ2n) is 8.29. The molecule has 1 aliphatic carbocycles. The van der Waals surface area contributed by atoms with E-state index in [9.17, 15) is 19.7 Å². The SMILES string of the molecule is CC(C)c1nc(CN(C)C(=O)NC2CCCCC2OC(=O)Oc2ccc([N+](=O)[O-])cc2)cs1. The quantitative estimate of drug-likeness (QED) is 0.262. The van der Waals surface area contributed by atoms with Gasteiger partial charge in [-0.3, -0.25) is 10.1 Å². The summed E-state index contributed by atoms with van der Waals surface area (Å²) in [5.74, 6) is 0.486. The summed E-state index contributed by atoms with van der Waals surface area (Å²) in [5, 5.41) is 16.7. The standard InChI is InChI=1S/C22H28N4O6S/c1-14(2)20-23-15(13-33-20)12-25(3)21(27)24-18-6-4-5-7-19(18)32-22(28)31-17-10-8-16(9-11-17)26(29)30/h8-11,13-14,18-19H,4-7,12H2,1-3H3,(H,24,27). The summed E-state index contributed by atoms with van der Waals surface area (Å²) < 4.78 is 10.6. The van der Waals surface area contributed by atoms with Crippen molar-refractivity contribution in [3.63, 3.8) is 0 Å². The third-order valence-corrected chi connectivity index (χ3v) is 6.51. The van der Waals surface area contributed by atoms with Gasteiger partial charge >= 0.3 is 12.2 Å². The predicted molar refractivity (Wildman–Crippen MR) is 122 cm³/mol. The smallest absolute Gasteiger partial charge is 0.428 e. The van der Waals surface area contributed by atoms with Crippen LogP contribution in [0.1, 0.15) is 56.2 Å². The summed E-state index contributed by atoms with van der Waals surface area (Å²) in [5.41, 5.74) is 0.734. The molecule has 1 aliphatic rings. The third-order valence-electron chi connectivity index (χ3n) is 5.32. The van der Waals surface area contributed by atoms with Crippen LogP contribution in [0, 0.1) is 10.1 Å². The van der Waals surface area contributed by atoms with Crippen molar-refractivity contribution < 1.29 is 24.0 Å². The Morgan fingerprint density at radius 3 is 2.61 bits per heavy atom. The van der Waals surface area contributed by atoms with Gasteiger partial charge in [0.05, 0.1) is 28.2 Å². The van der Waals surface area contributed by atoms with Gasteiger partial charge in [-0.05, 0) is 31.4 Å². The summed E-state index contributed by atoms with van der Waals surface area (Å²) in [6.45, 7) is 4.54. The summed E-state index contributed by atoms with van der Waals surface area (Å²) in [4.78, 5) is 41.3. The van der Waals surface area contributed by atoms with E-state index in [4.69, 9.17) is 9.47 Å². The maximum Gasteiger partial charge on any atom is 0.514 e. The zero-order valence-corrected chi connectivity index (χ0v) is 19.7. The Kier molecular flexibility index (Phi) is 8.21. The third kappa shape index (κ3) is 6.88. The molecule has 11 heteroatoms. The average Bonchev–Trinajstić information content (AvgIpc) is 3.24. The molecule has 0 spiro atoms. The van der Waals surface area contributed by atoms with Crippen molar-refractivity contribution in [3.05, 3.63) is 50.5 Å². The fourth-order valence-electron chi connectivity index (χ4n) is 3.53. The Balaban J connectivity index is 1.53. The normalized spacial score (nSPS) is 17.9. The van der Waals surface area contributed by atoms with E-state index in [-0.39, 0.29) is 23.5 Å². The number of urea groups is 1. The molecule has 3 rings (SSSR count). The van der Waals surface area contributed by atoms with Crippen molar-refractivity contribution in [1.29, 1.82) is 0 Å². The maximum atomic E-state index is 12.7. The van der Waals surface area contributed by atoms with Crippen molar-refractivity contribution in [1.82, 2.24) is 15.2 Å². The van der Waals surface area contributed by atoms with E-state index in [2.05, 4.69) is 24.1 Å². The Morgan fingerprint density at radius 1 is 1.27 bits per heavy atom. The number of hydrogen-bond donors (Lipinski definition) is 1. The molecule has 0 aliphatic heterocycles. The van der Waals surface area contributed by atoms with Gasteiger partial charge < -0.3 is 19.7 Å². The highest BCUT2D eigenvalue weighted by Crippen LogP contribution is 2.24. The fourth-order valence-corrected chi connectivity index (χ4v) is 4.35. The molecule has 0 saturated heterocycles. The molecule has 2 aromatic rings. The minimum absolute atomic E-state index is 0.104. The van der Waals surface area contributed by atoms with E-state index in [0.29, 0.717) is 25.3 Å². The minimum Gasteiger partial charge on any atom is -0.428 e. The molecule has 1 aromatic heterocycles. The van der Waals surface area contributed by atoms with Crippen LogP contribution in [0.4, 0.5) is 15.3 Å². The molecule has 2 amide bonds. The summed E-state index contributed by atoms with van der Waals surface area (Å²) in [6.07, 6.45) is 1.64. The molecule has 33 heavy (non-hydrogen) atoms. The van der Waals surface area contributed by atoms with Crippen molar-refractivity contribution in [2.45, 2.75) is 64.1 Å². The van der Waals surface area contributed by atoms with Crippen LogP contribution in [0.25, 0.3) is 0 Å². The molecule has 2 atom stereocenters. The topological polar surface area (TPSA) is 124 Å². The molecular weight excluding hydrogens is 448 g/mol. The van der Waals surface area contributed by atoms with Crippen LogP contribution in [0.5, 0.6) is 5.75 Å². The largest absolute Gasteiger partial charge is 0.514 e. The second kappa shape index (κ2) is 11.1. The van der Waals surface area contributed by atoms with Gasteiger partial charge in [0.25, 0.3) is 5.69 Å². The molecule has 10 nitrogen and oxygen atoms in total. The molecule has 1 heterocycles. The number of benzene rings is 1. The van der Waals surface area contributed by atoms with Crippen LogP contribution in [-0.4, -0.2) is 46.2 Å². The first-order valence-electron chi connectivity index (χ1n) is 10.8. The number of ether oxygens (including phenoxy) is 2. The van der Waals surface area contributed by atoms with Gasteiger partial charge in [-0.2, -0.15) is 0 Å². The molecular formula is C22H28N4O6S. The molecule has 1 aromatic carbocycles. The Morgan fingerprint density at radius 2 is 1.97 bits per heavy atom. The first-order chi connectivity index (χ1) is 15.7. The van der Waals surface area contributed by atoms with Gasteiger partial charge in [-0.25, -0.2) is 14.6 Å². The Hall–Kier alpha value is -3.21. The first-order valence-corrected chi connectivity index (χ1v) is 11.7. The van der Waals surface area contributed by atoms with Crippen molar-refractivity contribution in [2.75, 3.05) is 7.05 Å². The number of carbonyl (C=O) groups is 2. The molecule has 0 bridgehead atoms. The van der Waals surface area contributed by atoms with Gasteiger partial charge in [0.1, 0.15) is 11.9 Å². The van der Waals surface area contributed by atoms with Crippen LogP contribution in [0.3, 0.4) is 0 Å². The molecule has 1 saturated carbocycles. The summed E-state index contributed by atoms with van der Waals surface area (Å²) in [6, 6.07) is 4.55. The van der Waals surface area contributed by atoms with Crippen molar-refractivity contribution in [2.24, 2.45) is 0 Å². The molecule has 178 valence electrons. The number of nitrogens with one attached hydrogen (secondary N) is 1. The number of carbonyl (C=O) groups excluding carboxylic acids is 2. The number of aromatic nitrogens is 1. The zero-order valence-electron chi connectivity index (χ0n) is 18.9. The van der Waals surface area contributed by atoms with Crippen LogP contribution >= 0.6 is 11.3 Å². The lowest BCUT2D eigenvalue weighted by molar-refractivity contribution is -0.384. The highest BCUT2D eigenvalue weighted by Gasteiger charge is 2.31. The van der Waals surface area contributed by atoms with Gasteiger partial charge in [0.15, 0.2) is 0 Å². The number of nitro benzene ring substituents is 1. The summed E-state index contributed by atoms with van der Waals surface area (Å²) >= 11 is 1.58. The molecule has 1 N–H and O–H groups in total. The number of thiazole rings is 1. The van der Waals surface area contributed by atoms with E-state index >= 15 is 0 Å². The van der Waals surface area contributed by atoms with E-state index in [1.165, 1.54) is 24.3 Å². The van der Waals surface area contributed by atoms with Crippen LogP contribution in [-0.2, 0) is 11.3 Å². The number of nitrogens with zero attached hydrogens (tertiary/aromatic N) is 3. The van der Waals surface area contributed by atoms with Gasteiger partial charge in [0, 0.05) is 30.5 Å². The Bertz CT molecular complexity index is 978. The van der Waals surface area contributed by atoms with Gasteiger partial charge in [-0.15, -0.1) is 11.3 Å². The van der Waals surface area contributed by atoms with Crippen LogP contribution in [0.2, 0.25) is 0 Å². The Labute approximate surface area is 196 Å².